The molecule has 1 heterocycles. The largest absolute Gasteiger partial charge is 0.416 e. The number of rotatable bonds is 3. The minimum absolute atomic E-state index is 0.0916. The lowest BCUT2D eigenvalue weighted by Gasteiger charge is -2.11. The fourth-order valence-corrected chi connectivity index (χ4v) is 3.66. The predicted octanol–water partition coefficient (Wildman–Crippen LogP) is 4.04. The molecule has 2 nitrogen and oxygen atoms in total. The number of alkyl halides is 3. The maximum Gasteiger partial charge on any atom is 0.416 e. The van der Waals surface area contributed by atoms with Crippen LogP contribution in [0.1, 0.15) is 16.7 Å². The third kappa shape index (κ3) is 3.69. The van der Waals surface area contributed by atoms with E-state index in [1.165, 1.54) is 23.9 Å². The van der Waals surface area contributed by atoms with Crippen molar-refractivity contribution in [3.63, 3.8) is 0 Å². The van der Waals surface area contributed by atoms with Crippen LogP contribution in [0.3, 0.4) is 0 Å². The zero-order valence-corrected chi connectivity index (χ0v) is 12.9. The normalized spacial score (nSPS) is 16.9. The van der Waals surface area contributed by atoms with Gasteiger partial charge in [0.1, 0.15) is 0 Å². The fraction of sp³-hybridized carbons (Fsp3) is 0.235. The Morgan fingerprint density at radius 1 is 1.13 bits per heavy atom. The van der Waals surface area contributed by atoms with Gasteiger partial charge >= 0.3 is 6.18 Å². The highest BCUT2D eigenvalue weighted by Gasteiger charge is 2.30. The standard InChI is InChI=1S/C17H14F3NOS/c18-17(19,20)13-7-5-11(6-8-13)10-21-16(22)15-9-12-3-1-2-4-14(12)23-15/h1-8,15H,9-10H2,(H,21,22). The minimum atomic E-state index is -4.34. The molecule has 0 saturated heterocycles. The quantitative estimate of drug-likeness (QED) is 0.916. The molecule has 3 rings (SSSR count). The molecule has 1 aliphatic rings. The molecule has 1 aliphatic heterocycles. The summed E-state index contributed by atoms with van der Waals surface area (Å²) in [5, 5.41) is 2.61. The van der Waals surface area contributed by atoms with E-state index in [-0.39, 0.29) is 17.7 Å². The van der Waals surface area contributed by atoms with Crippen LogP contribution in [0.2, 0.25) is 0 Å². The third-order valence-corrected chi connectivity index (χ3v) is 5.01. The van der Waals surface area contributed by atoms with E-state index < -0.39 is 11.7 Å². The summed E-state index contributed by atoms with van der Waals surface area (Å²) in [5.41, 5.74) is 1.12. The second-order valence-electron chi connectivity index (χ2n) is 5.33. The van der Waals surface area contributed by atoms with Crippen LogP contribution in [0.15, 0.2) is 53.4 Å². The van der Waals surface area contributed by atoms with E-state index >= 15 is 0 Å². The maximum absolute atomic E-state index is 12.5. The number of thioether (sulfide) groups is 1. The van der Waals surface area contributed by atoms with Gasteiger partial charge in [-0.15, -0.1) is 11.8 Å². The maximum atomic E-state index is 12.5. The smallest absolute Gasteiger partial charge is 0.351 e. The van der Waals surface area contributed by atoms with Gasteiger partial charge in [-0.1, -0.05) is 30.3 Å². The molecule has 2 aromatic rings. The van der Waals surface area contributed by atoms with E-state index in [2.05, 4.69) is 5.32 Å². The van der Waals surface area contributed by atoms with Gasteiger partial charge in [-0.2, -0.15) is 13.2 Å². The summed E-state index contributed by atoms with van der Waals surface area (Å²) in [7, 11) is 0. The minimum Gasteiger partial charge on any atom is -0.351 e. The highest BCUT2D eigenvalue weighted by atomic mass is 32.2. The molecule has 2 aromatic carbocycles. The molecule has 1 N–H and O–H groups in total. The summed E-state index contributed by atoms with van der Waals surface area (Å²) < 4.78 is 37.5. The molecule has 0 spiro atoms. The highest BCUT2D eigenvalue weighted by molar-refractivity contribution is 8.01. The molecule has 6 heteroatoms. The van der Waals surface area contributed by atoms with E-state index in [1.807, 2.05) is 24.3 Å². The van der Waals surface area contributed by atoms with Crippen molar-refractivity contribution in [2.24, 2.45) is 0 Å². The van der Waals surface area contributed by atoms with Crippen molar-refractivity contribution in [1.29, 1.82) is 0 Å². The van der Waals surface area contributed by atoms with Crippen LogP contribution in [0.4, 0.5) is 13.2 Å². The molecule has 0 aliphatic carbocycles. The number of carbonyl (C=O) groups is 1. The first-order valence-corrected chi connectivity index (χ1v) is 8.00. The lowest BCUT2D eigenvalue weighted by atomic mass is 10.1. The Bertz CT molecular complexity index is 688. The van der Waals surface area contributed by atoms with Gasteiger partial charge < -0.3 is 5.32 Å². The lowest BCUT2D eigenvalue weighted by molar-refractivity contribution is -0.137. The monoisotopic (exact) mass is 337 g/mol. The molecule has 1 atom stereocenters. The Kier molecular flexibility index (Phi) is 4.35. The predicted molar refractivity (Wildman–Crippen MR) is 83.1 cm³/mol. The summed E-state index contributed by atoms with van der Waals surface area (Å²) in [6.07, 6.45) is -3.66. The molecular weight excluding hydrogens is 323 g/mol. The van der Waals surface area contributed by atoms with Gasteiger partial charge in [-0.25, -0.2) is 0 Å². The summed E-state index contributed by atoms with van der Waals surface area (Å²) in [6, 6.07) is 12.7. The molecule has 23 heavy (non-hydrogen) atoms. The molecule has 0 fully saturated rings. The first kappa shape index (κ1) is 15.9. The first-order valence-electron chi connectivity index (χ1n) is 7.12. The van der Waals surface area contributed by atoms with Crippen molar-refractivity contribution < 1.29 is 18.0 Å². The van der Waals surface area contributed by atoms with E-state index in [9.17, 15) is 18.0 Å². The van der Waals surface area contributed by atoms with Crippen LogP contribution in [0, 0.1) is 0 Å². The van der Waals surface area contributed by atoms with Crippen LogP contribution in [-0.2, 0) is 23.9 Å². The molecule has 120 valence electrons. The van der Waals surface area contributed by atoms with E-state index in [4.69, 9.17) is 0 Å². The summed E-state index contributed by atoms with van der Waals surface area (Å²) in [6.45, 7) is 0.227. The Hall–Kier alpha value is -1.95. The van der Waals surface area contributed by atoms with Crippen molar-refractivity contribution in [2.45, 2.75) is 29.3 Å². The highest BCUT2D eigenvalue weighted by Crippen LogP contribution is 2.36. The average Bonchev–Trinajstić information content (AvgIpc) is 2.96. The molecule has 1 amide bonds. The summed E-state index contributed by atoms with van der Waals surface area (Å²) >= 11 is 1.52. The molecular formula is C17H14F3NOS. The lowest BCUT2D eigenvalue weighted by Crippen LogP contribution is -2.32. The van der Waals surface area contributed by atoms with Crippen molar-refractivity contribution >= 4 is 17.7 Å². The number of hydrogen-bond donors (Lipinski definition) is 1. The van der Waals surface area contributed by atoms with E-state index in [1.54, 1.807) is 0 Å². The van der Waals surface area contributed by atoms with Crippen LogP contribution in [0.5, 0.6) is 0 Å². The Morgan fingerprint density at radius 2 is 1.83 bits per heavy atom. The average molecular weight is 337 g/mol. The van der Waals surface area contributed by atoms with Crippen LogP contribution >= 0.6 is 11.8 Å². The Balaban J connectivity index is 1.56. The van der Waals surface area contributed by atoms with Crippen molar-refractivity contribution in [3.05, 3.63) is 65.2 Å². The molecule has 0 radical (unpaired) electrons. The van der Waals surface area contributed by atoms with Gasteiger partial charge in [0.15, 0.2) is 0 Å². The Morgan fingerprint density at radius 3 is 2.48 bits per heavy atom. The van der Waals surface area contributed by atoms with Gasteiger partial charge in [0.05, 0.1) is 10.8 Å². The summed E-state index contributed by atoms with van der Waals surface area (Å²) in [4.78, 5) is 13.3. The topological polar surface area (TPSA) is 29.1 Å². The van der Waals surface area contributed by atoms with Crippen molar-refractivity contribution in [3.8, 4) is 0 Å². The van der Waals surface area contributed by atoms with Gasteiger partial charge in [0.2, 0.25) is 5.91 Å². The number of fused-ring (bicyclic) bond motifs is 1. The molecule has 0 aromatic heterocycles. The number of nitrogens with one attached hydrogen (secondary N) is 1. The summed E-state index contributed by atoms with van der Waals surface area (Å²) in [5.74, 6) is -0.0916. The van der Waals surface area contributed by atoms with Crippen LogP contribution in [-0.4, -0.2) is 11.2 Å². The molecule has 1 unspecified atom stereocenters. The molecule has 0 bridgehead atoms. The SMILES string of the molecule is O=C(NCc1ccc(C(F)(F)F)cc1)C1Cc2ccccc2S1. The van der Waals surface area contributed by atoms with Crippen molar-refractivity contribution in [1.82, 2.24) is 5.32 Å². The molecule has 0 saturated carbocycles. The zero-order chi connectivity index (χ0) is 16.4. The van der Waals surface area contributed by atoms with E-state index in [0.717, 1.165) is 22.6 Å². The third-order valence-electron chi connectivity index (χ3n) is 3.69. The van der Waals surface area contributed by atoms with Crippen LogP contribution < -0.4 is 5.32 Å². The second kappa shape index (κ2) is 6.28. The van der Waals surface area contributed by atoms with Gasteiger partial charge in [-0.05, 0) is 35.7 Å². The van der Waals surface area contributed by atoms with Gasteiger partial charge in [0.25, 0.3) is 0 Å². The van der Waals surface area contributed by atoms with Gasteiger partial charge in [0, 0.05) is 11.4 Å². The Labute approximate surface area is 136 Å². The number of carbonyl (C=O) groups excluding carboxylic acids is 1. The second-order valence-corrected chi connectivity index (χ2v) is 6.58. The number of halogens is 3. The van der Waals surface area contributed by atoms with Gasteiger partial charge in [-0.3, -0.25) is 4.79 Å². The van der Waals surface area contributed by atoms with Crippen LogP contribution in [0.25, 0.3) is 0 Å². The number of benzene rings is 2. The number of amides is 1. The number of hydrogen-bond acceptors (Lipinski definition) is 2. The zero-order valence-electron chi connectivity index (χ0n) is 12.1. The first-order chi connectivity index (χ1) is 10.9. The van der Waals surface area contributed by atoms with E-state index in [0.29, 0.717) is 12.0 Å². The fourth-order valence-electron chi connectivity index (χ4n) is 2.44. The van der Waals surface area contributed by atoms with Crippen molar-refractivity contribution in [2.75, 3.05) is 0 Å².